The van der Waals surface area contributed by atoms with Crippen molar-refractivity contribution in [3.63, 3.8) is 0 Å². The fourth-order valence-corrected chi connectivity index (χ4v) is 6.08. The molecule has 1 aromatic carbocycles. The number of aromatic nitrogens is 2. The van der Waals surface area contributed by atoms with Gasteiger partial charge in [0.25, 0.3) is 0 Å². The number of nitrogens with one attached hydrogen (secondary N) is 1. The zero-order valence-corrected chi connectivity index (χ0v) is 20.0. The van der Waals surface area contributed by atoms with Crippen molar-refractivity contribution in [1.82, 2.24) is 14.3 Å². The van der Waals surface area contributed by atoms with Gasteiger partial charge in [-0.05, 0) is 43.4 Å². The number of amides is 3. The number of likely N-dealkylation sites (tertiary alicyclic amines) is 1. The van der Waals surface area contributed by atoms with E-state index >= 15 is 0 Å². The molecule has 0 spiro atoms. The van der Waals surface area contributed by atoms with E-state index in [1.54, 1.807) is 23.1 Å². The molecule has 33 heavy (non-hydrogen) atoms. The average Bonchev–Trinajstić information content (AvgIpc) is 3.50. The van der Waals surface area contributed by atoms with Gasteiger partial charge in [-0.25, -0.2) is 4.98 Å². The summed E-state index contributed by atoms with van der Waals surface area (Å²) in [6.45, 7) is 0. The molecular weight excluding hydrogens is 456 g/mol. The van der Waals surface area contributed by atoms with Crippen LogP contribution < -0.4 is 5.32 Å². The molecule has 0 bridgehead atoms. The number of anilines is 1. The lowest BCUT2D eigenvalue weighted by Gasteiger charge is -2.26. The molecular formula is C24H26N4O3S2. The Morgan fingerprint density at radius 3 is 2.52 bits per heavy atom. The number of imide groups is 1. The first-order valence-corrected chi connectivity index (χ1v) is 13.5. The van der Waals surface area contributed by atoms with E-state index in [1.807, 2.05) is 52.7 Å². The zero-order chi connectivity index (χ0) is 22.9. The van der Waals surface area contributed by atoms with Crippen LogP contribution in [0.1, 0.15) is 32.1 Å². The summed E-state index contributed by atoms with van der Waals surface area (Å²) in [6.07, 6.45) is 9.78. The molecule has 0 unspecified atom stereocenters. The quantitative estimate of drug-likeness (QED) is 0.508. The van der Waals surface area contributed by atoms with Crippen molar-refractivity contribution < 1.29 is 14.4 Å². The van der Waals surface area contributed by atoms with Crippen LogP contribution in [0.5, 0.6) is 0 Å². The van der Waals surface area contributed by atoms with Gasteiger partial charge < -0.3 is 5.32 Å². The maximum atomic E-state index is 13.3. The third-order valence-electron chi connectivity index (χ3n) is 6.63. The molecule has 5 rings (SSSR count). The molecule has 3 amide bonds. The van der Waals surface area contributed by atoms with E-state index < -0.39 is 6.04 Å². The standard InChI is InChI=1S/C24H26N4O3S2/c1-32-12-10-20(28-22(30)17-4-2-3-5-18(17)23(28)31)21(29)25-16-8-6-15(7-9-16)19-14-27-11-13-33-24(27)26-19/h6-9,11,13-14,17-18,20H,2-5,10,12H2,1H3,(H,25,29)/t17-,18-,20+/m0/s1. The van der Waals surface area contributed by atoms with Crippen LogP contribution in [0.4, 0.5) is 5.69 Å². The number of carbonyl (C=O) groups excluding carboxylic acids is 3. The number of nitrogens with zero attached hydrogens (tertiary/aromatic N) is 3. The van der Waals surface area contributed by atoms with Crippen molar-refractivity contribution in [3.05, 3.63) is 42.0 Å². The number of thioether (sulfide) groups is 1. The maximum Gasteiger partial charge on any atom is 0.247 e. The number of fused-ring (bicyclic) bond motifs is 2. The number of hydrogen-bond donors (Lipinski definition) is 1. The van der Waals surface area contributed by atoms with Gasteiger partial charge in [-0.15, -0.1) is 11.3 Å². The summed E-state index contributed by atoms with van der Waals surface area (Å²) < 4.78 is 1.98. The summed E-state index contributed by atoms with van der Waals surface area (Å²) in [7, 11) is 0. The molecule has 2 aromatic heterocycles. The van der Waals surface area contributed by atoms with Crippen LogP contribution in [-0.2, 0) is 14.4 Å². The lowest BCUT2D eigenvalue weighted by molar-refractivity contribution is -0.146. The Morgan fingerprint density at radius 2 is 1.88 bits per heavy atom. The van der Waals surface area contributed by atoms with Crippen molar-refractivity contribution in [3.8, 4) is 11.3 Å². The number of hydrogen-bond acceptors (Lipinski definition) is 6. The maximum absolute atomic E-state index is 13.3. The Morgan fingerprint density at radius 1 is 1.18 bits per heavy atom. The van der Waals surface area contributed by atoms with Gasteiger partial charge in [-0.2, -0.15) is 11.8 Å². The summed E-state index contributed by atoms with van der Waals surface area (Å²) in [5, 5.41) is 4.92. The first kappa shape index (κ1) is 22.2. The third kappa shape index (κ3) is 4.19. The summed E-state index contributed by atoms with van der Waals surface area (Å²) in [5.74, 6) is -0.443. The molecule has 1 aliphatic heterocycles. The van der Waals surface area contributed by atoms with Gasteiger partial charge >= 0.3 is 0 Å². The van der Waals surface area contributed by atoms with Crippen LogP contribution in [-0.4, -0.2) is 50.1 Å². The molecule has 3 atom stereocenters. The molecule has 2 fully saturated rings. The van der Waals surface area contributed by atoms with Crippen LogP contribution in [0, 0.1) is 11.8 Å². The van der Waals surface area contributed by atoms with Gasteiger partial charge in [-0.1, -0.05) is 25.0 Å². The van der Waals surface area contributed by atoms with Crippen LogP contribution in [0.15, 0.2) is 42.0 Å². The Balaban J connectivity index is 1.33. The number of thiazole rings is 1. The summed E-state index contributed by atoms with van der Waals surface area (Å²) in [5.41, 5.74) is 2.46. The van der Waals surface area contributed by atoms with Crippen molar-refractivity contribution in [2.24, 2.45) is 11.8 Å². The Hall–Kier alpha value is -2.65. The highest BCUT2D eigenvalue weighted by atomic mass is 32.2. The monoisotopic (exact) mass is 482 g/mol. The second-order valence-electron chi connectivity index (χ2n) is 8.63. The first-order chi connectivity index (χ1) is 16.1. The summed E-state index contributed by atoms with van der Waals surface area (Å²) in [6, 6.07) is 6.72. The largest absolute Gasteiger partial charge is 0.324 e. The first-order valence-electron chi connectivity index (χ1n) is 11.3. The van der Waals surface area contributed by atoms with Gasteiger partial charge in [-0.3, -0.25) is 23.7 Å². The molecule has 0 radical (unpaired) electrons. The van der Waals surface area contributed by atoms with Crippen LogP contribution in [0.25, 0.3) is 16.2 Å². The van der Waals surface area contributed by atoms with Crippen LogP contribution in [0.3, 0.4) is 0 Å². The predicted octanol–water partition coefficient (Wildman–Crippen LogP) is 4.30. The molecule has 1 aliphatic carbocycles. The average molecular weight is 483 g/mol. The molecule has 1 N–H and O–H groups in total. The number of imidazole rings is 1. The topological polar surface area (TPSA) is 83.8 Å². The fourth-order valence-electron chi connectivity index (χ4n) is 4.92. The second kappa shape index (κ2) is 9.30. The Bertz CT molecular complexity index is 1130. The molecule has 172 valence electrons. The van der Waals surface area contributed by atoms with Crippen molar-refractivity contribution >= 4 is 51.5 Å². The molecule has 3 aromatic rings. The normalized spacial score (nSPS) is 21.4. The van der Waals surface area contributed by atoms with Gasteiger partial charge in [0.15, 0.2) is 4.96 Å². The van der Waals surface area contributed by atoms with E-state index in [2.05, 4.69) is 10.3 Å². The minimum atomic E-state index is -0.775. The third-order valence-corrected chi connectivity index (χ3v) is 8.04. The predicted molar refractivity (Wildman–Crippen MR) is 131 cm³/mol. The van der Waals surface area contributed by atoms with E-state index in [-0.39, 0.29) is 29.6 Å². The molecule has 1 saturated carbocycles. The van der Waals surface area contributed by atoms with E-state index in [4.69, 9.17) is 0 Å². The highest BCUT2D eigenvalue weighted by Crippen LogP contribution is 2.39. The SMILES string of the molecule is CSCC[C@H](C(=O)Nc1ccc(-c2cn3ccsc3n2)cc1)N1C(=O)[C@H]2CCCC[C@@H]2C1=O. The Labute approximate surface area is 200 Å². The summed E-state index contributed by atoms with van der Waals surface area (Å²) >= 11 is 3.18. The smallest absolute Gasteiger partial charge is 0.247 e. The molecule has 1 saturated heterocycles. The number of rotatable bonds is 7. The zero-order valence-electron chi connectivity index (χ0n) is 18.4. The highest BCUT2D eigenvalue weighted by molar-refractivity contribution is 7.98. The van der Waals surface area contributed by atoms with E-state index in [0.29, 0.717) is 17.9 Å². The minimum Gasteiger partial charge on any atom is -0.324 e. The van der Waals surface area contributed by atoms with Gasteiger partial charge in [0, 0.05) is 29.0 Å². The second-order valence-corrected chi connectivity index (χ2v) is 10.5. The number of benzene rings is 1. The van der Waals surface area contributed by atoms with Gasteiger partial charge in [0.1, 0.15) is 6.04 Å². The van der Waals surface area contributed by atoms with Crippen molar-refractivity contribution in [2.45, 2.75) is 38.1 Å². The van der Waals surface area contributed by atoms with Gasteiger partial charge in [0.2, 0.25) is 17.7 Å². The minimum absolute atomic E-state index is 0.166. The van der Waals surface area contributed by atoms with E-state index in [9.17, 15) is 14.4 Å². The van der Waals surface area contributed by atoms with E-state index in [1.165, 1.54) is 4.90 Å². The Kier molecular flexibility index (Phi) is 6.25. The van der Waals surface area contributed by atoms with Gasteiger partial charge in [0.05, 0.1) is 17.5 Å². The number of carbonyl (C=O) groups is 3. The van der Waals surface area contributed by atoms with E-state index in [0.717, 1.165) is 41.9 Å². The lowest BCUT2D eigenvalue weighted by Crippen LogP contribution is -2.48. The van der Waals surface area contributed by atoms with Crippen LogP contribution >= 0.6 is 23.1 Å². The molecule has 3 heterocycles. The molecule has 2 aliphatic rings. The van der Waals surface area contributed by atoms with Crippen LogP contribution in [0.2, 0.25) is 0 Å². The molecule has 9 heteroatoms. The molecule has 7 nitrogen and oxygen atoms in total. The summed E-state index contributed by atoms with van der Waals surface area (Å²) in [4.78, 5) is 46.2. The van der Waals surface area contributed by atoms with Crippen molar-refractivity contribution in [2.75, 3.05) is 17.3 Å². The lowest BCUT2D eigenvalue weighted by atomic mass is 9.81. The van der Waals surface area contributed by atoms with Crippen molar-refractivity contribution in [1.29, 1.82) is 0 Å². The highest BCUT2D eigenvalue weighted by Gasteiger charge is 2.51. The fraction of sp³-hybridized carbons (Fsp3) is 0.417.